The summed E-state index contributed by atoms with van der Waals surface area (Å²) < 4.78 is 15.3. The maximum absolute atomic E-state index is 13.7. The Morgan fingerprint density at radius 2 is 1.96 bits per heavy atom. The van der Waals surface area contributed by atoms with E-state index in [-0.39, 0.29) is 5.69 Å². The van der Waals surface area contributed by atoms with E-state index in [1.807, 2.05) is 18.2 Å². The third kappa shape index (κ3) is 4.71. The molecule has 0 unspecified atom stereocenters. The number of carbonyl (C=O) groups is 2. The monoisotopic (exact) mass is 386 g/mol. The van der Waals surface area contributed by atoms with Gasteiger partial charge in [-0.15, -0.1) is 0 Å². The molecule has 1 heterocycles. The molecule has 0 atom stereocenters. The highest BCUT2D eigenvalue weighted by molar-refractivity contribution is 6.31. The fourth-order valence-corrected chi connectivity index (χ4v) is 2.66. The molecule has 0 aliphatic heterocycles. The van der Waals surface area contributed by atoms with Crippen LogP contribution >= 0.6 is 11.6 Å². The number of benzene rings is 2. The van der Waals surface area contributed by atoms with E-state index in [0.29, 0.717) is 22.8 Å². The largest absolute Gasteiger partial charge is 0.324 e. The summed E-state index contributed by atoms with van der Waals surface area (Å²) in [6.45, 7) is 1.70. The first-order chi connectivity index (χ1) is 12.9. The van der Waals surface area contributed by atoms with Gasteiger partial charge in [0.15, 0.2) is 0 Å². The summed E-state index contributed by atoms with van der Waals surface area (Å²) in [5.41, 5.74) is 1.57. The fourth-order valence-electron chi connectivity index (χ4n) is 2.46. The summed E-state index contributed by atoms with van der Waals surface area (Å²) in [6.07, 6.45) is 3.03. The van der Waals surface area contributed by atoms with Crippen LogP contribution in [0.5, 0.6) is 0 Å². The van der Waals surface area contributed by atoms with Crippen molar-refractivity contribution in [3.8, 4) is 0 Å². The normalized spacial score (nSPS) is 10.5. The van der Waals surface area contributed by atoms with Crippen molar-refractivity contribution in [3.05, 3.63) is 76.8 Å². The van der Waals surface area contributed by atoms with Gasteiger partial charge >= 0.3 is 0 Å². The molecule has 0 fully saturated rings. The minimum Gasteiger partial charge on any atom is -0.324 e. The summed E-state index contributed by atoms with van der Waals surface area (Å²) in [6, 6.07) is 11.3. The highest BCUT2D eigenvalue weighted by atomic mass is 35.5. The van der Waals surface area contributed by atoms with Crippen molar-refractivity contribution in [3.63, 3.8) is 0 Å². The molecule has 8 heteroatoms. The molecule has 1 aromatic heterocycles. The van der Waals surface area contributed by atoms with Crippen molar-refractivity contribution in [2.45, 2.75) is 13.5 Å². The number of amides is 2. The van der Waals surface area contributed by atoms with Gasteiger partial charge in [0.2, 0.25) is 5.91 Å². The Morgan fingerprint density at radius 1 is 1.19 bits per heavy atom. The van der Waals surface area contributed by atoms with E-state index in [2.05, 4.69) is 15.7 Å². The molecule has 3 aromatic rings. The van der Waals surface area contributed by atoms with E-state index in [4.69, 9.17) is 11.6 Å². The maximum Gasteiger partial charge on any atom is 0.258 e. The summed E-state index contributed by atoms with van der Waals surface area (Å²) in [5.74, 6) is -1.39. The van der Waals surface area contributed by atoms with E-state index in [1.54, 1.807) is 16.9 Å². The topological polar surface area (TPSA) is 76.0 Å². The second kappa shape index (κ2) is 8.01. The molecule has 2 amide bonds. The van der Waals surface area contributed by atoms with Crippen LogP contribution in [0.3, 0.4) is 0 Å². The van der Waals surface area contributed by atoms with E-state index < -0.39 is 17.6 Å². The molecular formula is C19H16ClFN4O2. The van der Waals surface area contributed by atoms with Gasteiger partial charge in [0.05, 0.1) is 24.0 Å². The molecule has 0 saturated carbocycles. The number of nitrogens with zero attached hydrogens (tertiary/aromatic N) is 2. The number of hydrogen-bond donors (Lipinski definition) is 2. The van der Waals surface area contributed by atoms with Gasteiger partial charge in [-0.25, -0.2) is 4.39 Å². The number of anilines is 2. The van der Waals surface area contributed by atoms with Crippen LogP contribution in [0.2, 0.25) is 5.02 Å². The molecule has 6 nitrogen and oxygen atoms in total. The van der Waals surface area contributed by atoms with Crippen LogP contribution in [0, 0.1) is 5.82 Å². The molecule has 0 radical (unpaired) electrons. The van der Waals surface area contributed by atoms with Gasteiger partial charge in [0.25, 0.3) is 5.91 Å². The maximum atomic E-state index is 13.7. The standard InChI is InChI=1S/C19H16ClFN4O2/c1-12(26)23-18-8-15(6-7-17(18)21)24-19(27)14-9-22-25(11-14)10-13-4-2-3-5-16(13)20/h2-9,11H,10H2,1H3,(H,23,26)(H,24,27). The molecule has 2 aromatic carbocycles. The molecule has 3 rings (SSSR count). The Labute approximate surface area is 160 Å². The van der Waals surface area contributed by atoms with Gasteiger partial charge in [0, 0.05) is 23.8 Å². The zero-order valence-electron chi connectivity index (χ0n) is 14.4. The third-order valence-corrected chi connectivity index (χ3v) is 4.09. The molecule has 0 aliphatic rings. The van der Waals surface area contributed by atoms with Gasteiger partial charge in [-0.1, -0.05) is 29.8 Å². The minimum atomic E-state index is -0.587. The van der Waals surface area contributed by atoms with E-state index in [1.165, 1.54) is 31.3 Å². The van der Waals surface area contributed by atoms with Gasteiger partial charge in [-0.2, -0.15) is 5.10 Å². The van der Waals surface area contributed by atoms with E-state index in [0.717, 1.165) is 5.56 Å². The predicted molar refractivity (Wildman–Crippen MR) is 101 cm³/mol. The van der Waals surface area contributed by atoms with Crippen LogP contribution in [-0.2, 0) is 11.3 Å². The van der Waals surface area contributed by atoms with E-state index in [9.17, 15) is 14.0 Å². The molecule has 0 saturated heterocycles. The summed E-state index contributed by atoms with van der Waals surface area (Å²) >= 11 is 6.13. The number of rotatable bonds is 5. The summed E-state index contributed by atoms with van der Waals surface area (Å²) in [7, 11) is 0. The summed E-state index contributed by atoms with van der Waals surface area (Å²) in [4.78, 5) is 23.5. The van der Waals surface area contributed by atoms with Crippen LogP contribution < -0.4 is 10.6 Å². The number of aromatic nitrogens is 2. The quantitative estimate of drug-likeness (QED) is 0.697. The lowest BCUT2D eigenvalue weighted by molar-refractivity contribution is -0.114. The van der Waals surface area contributed by atoms with Gasteiger partial charge in [-0.05, 0) is 29.8 Å². The van der Waals surface area contributed by atoms with Crippen molar-refractivity contribution < 1.29 is 14.0 Å². The van der Waals surface area contributed by atoms with Crippen LogP contribution in [0.25, 0.3) is 0 Å². The molecule has 2 N–H and O–H groups in total. The molecule has 0 spiro atoms. The highest BCUT2D eigenvalue weighted by Gasteiger charge is 2.12. The van der Waals surface area contributed by atoms with Crippen molar-refractivity contribution in [1.29, 1.82) is 0 Å². The zero-order valence-corrected chi connectivity index (χ0v) is 15.1. The first kappa shape index (κ1) is 18.6. The second-order valence-corrected chi connectivity index (χ2v) is 6.26. The van der Waals surface area contributed by atoms with E-state index >= 15 is 0 Å². The van der Waals surface area contributed by atoms with Crippen LogP contribution in [0.15, 0.2) is 54.9 Å². The number of halogens is 2. The zero-order chi connectivity index (χ0) is 19.4. The van der Waals surface area contributed by atoms with Crippen molar-refractivity contribution in [1.82, 2.24) is 9.78 Å². The number of hydrogen-bond acceptors (Lipinski definition) is 3. The Morgan fingerprint density at radius 3 is 2.70 bits per heavy atom. The number of nitrogens with one attached hydrogen (secondary N) is 2. The first-order valence-corrected chi connectivity index (χ1v) is 8.44. The highest BCUT2D eigenvalue weighted by Crippen LogP contribution is 2.20. The average Bonchev–Trinajstić information content (AvgIpc) is 3.08. The van der Waals surface area contributed by atoms with Crippen molar-refractivity contribution in [2.24, 2.45) is 0 Å². The SMILES string of the molecule is CC(=O)Nc1cc(NC(=O)c2cnn(Cc3ccccc3Cl)c2)ccc1F. The van der Waals surface area contributed by atoms with Crippen molar-refractivity contribution in [2.75, 3.05) is 10.6 Å². The lowest BCUT2D eigenvalue weighted by Crippen LogP contribution is -2.13. The van der Waals surface area contributed by atoms with Crippen LogP contribution in [-0.4, -0.2) is 21.6 Å². The van der Waals surface area contributed by atoms with Crippen LogP contribution in [0.4, 0.5) is 15.8 Å². The van der Waals surface area contributed by atoms with Crippen molar-refractivity contribution >= 4 is 34.8 Å². The minimum absolute atomic E-state index is 0.00489. The van der Waals surface area contributed by atoms with Gasteiger partial charge < -0.3 is 10.6 Å². The van der Waals surface area contributed by atoms with Gasteiger partial charge in [0.1, 0.15) is 5.82 Å². The lowest BCUT2D eigenvalue weighted by Gasteiger charge is -2.08. The fraction of sp³-hybridized carbons (Fsp3) is 0.105. The Kier molecular flexibility index (Phi) is 5.52. The Balaban J connectivity index is 1.71. The number of carbonyl (C=O) groups excluding carboxylic acids is 2. The molecule has 0 aliphatic carbocycles. The average molecular weight is 387 g/mol. The Hall–Kier alpha value is -3.19. The summed E-state index contributed by atoms with van der Waals surface area (Å²) in [5, 5.41) is 9.81. The molecule has 138 valence electrons. The van der Waals surface area contributed by atoms with Crippen LogP contribution in [0.1, 0.15) is 22.8 Å². The van der Waals surface area contributed by atoms with Gasteiger partial charge in [-0.3, -0.25) is 14.3 Å². The lowest BCUT2D eigenvalue weighted by atomic mass is 10.2. The molecule has 27 heavy (non-hydrogen) atoms. The molecular weight excluding hydrogens is 371 g/mol. The Bertz CT molecular complexity index is 1000. The smallest absolute Gasteiger partial charge is 0.258 e. The molecule has 0 bridgehead atoms. The third-order valence-electron chi connectivity index (χ3n) is 3.72. The predicted octanol–water partition coefficient (Wildman–Crippen LogP) is 3.93. The first-order valence-electron chi connectivity index (χ1n) is 8.07. The second-order valence-electron chi connectivity index (χ2n) is 5.85.